The fourth-order valence-corrected chi connectivity index (χ4v) is 2.07. The molecule has 0 aromatic heterocycles. The summed E-state index contributed by atoms with van der Waals surface area (Å²) < 4.78 is 0. The van der Waals surface area contributed by atoms with Crippen LogP contribution in [0, 0.1) is 10.1 Å². The van der Waals surface area contributed by atoms with Crippen LogP contribution < -0.4 is 5.32 Å². The lowest BCUT2D eigenvalue weighted by molar-refractivity contribution is -0.384. The van der Waals surface area contributed by atoms with Crippen molar-refractivity contribution in [3.63, 3.8) is 0 Å². The third kappa shape index (κ3) is 4.17. The number of nitro groups is 1. The van der Waals surface area contributed by atoms with E-state index in [1.54, 1.807) is 12.1 Å². The molecule has 2 aromatic carbocycles. The molecule has 1 atom stereocenters. The Labute approximate surface area is 118 Å². The van der Waals surface area contributed by atoms with Crippen molar-refractivity contribution in [1.29, 1.82) is 0 Å². The molecule has 0 aliphatic carbocycles. The summed E-state index contributed by atoms with van der Waals surface area (Å²) in [6.45, 7) is 2.94. The summed E-state index contributed by atoms with van der Waals surface area (Å²) >= 11 is 0. The van der Waals surface area contributed by atoms with Crippen molar-refractivity contribution in [2.75, 3.05) is 0 Å². The first-order chi connectivity index (χ1) is 9.65. The second-order valence-electron chi connectivity index (χ2n) is 4.90. The highest BCUT2D eigenvalue weighted by atomic mass is 16.6. The van der Waals surface area contributed by atoms with Gasteiger partial charge in [-0.15, -0.1) is 0 Å². The van der Waals surface area contributed by atoms with Gasteiger partial charge in [0.1, 0.15) is 0 Å². The van der Waals surface area contributed by atoms with Crippen molar-refractivity contribution in [2.24, 2.45) is 0 Å². The number of nitro benzene ring substituents is 1. The number of nitrogens with one attached hydrogen (secondary N) is 1. The van der Waals surface area contributed by atoms with Crippen LogP contribution in [-0.2, 0) is 13.0 Å². The van der Waals surface area contributed by atoms with Crippen molar-refractivity contribution in [1.82, 2.24) is 5.32 Å². The van der Waals surface area contributed by atoms with Crippen molar-refractivity contribution in [3.05, 3.63) is 75.8 Å². The molecule has 20 heavy (non-hydrogen) atoms. The highest BCUT2D eigenvalue weighted by Crippen LogP contribution is 2.13. The number of hydrogen-bond acceptors (Lipinski definition) is 3. The standard InChI is InChI=1S/C16H18N2O2/c1-13(17-12-15-5-3-2-4-6-15)11-14-7-9-16(10-8-14)18(19)20/h2-10,13,17H,11-12H2,1H3. The molecule has 4 heteroatoms. The molecule has 104 valence electrons. The van der Waals surface area contributed by atoms with Gasteiger partial charge in [-0.05, 0) is 24.5 Å². The lowest BCUT2D eigenvalue weighted by atomic mass is 10.1. The van der Waals surface area contributed by atoms with Crippen LogP contribution in [-0.4, -0.2) is 11.0 Å². The minimum Gasteiger partial charge on any atom is -0.310 e. The second kappa shape index (κ2) is 6.82. The largest absolute Gasteiger partial charge is 0.310 e. The first kappa shape index (κ1) is 14.2. The van der Waals surface area contributed by atoms with Crippen LogP contribution in [0.1, 0.15) is 18.1 Å². The maximum absolute atomic E-state index is 10.6. The van der Waals surface area contributed by atoms with Gasteiger partial charge in [0.05, 0.1) is 4.92 Å². The summed E-state index contributed by atoms with van der Waals surface area (Å²) in [6, 6.07) is 17.3. The van der Waals surface area contributed by atoms with Gasteiger partial charge in [-0.25, -0.2) is 0 Å². The van der Waals surface area contributed by atoms with Crippen molar-refractivity contribution >= 4 is 5.69 Å². The van der Waals surface area contributed by atoms with E-state index in [1.807, 2.05) is 30.3 Å². The molecule has 0 bridgehead atoms. The van der Waals surface area contributed by atoms with Crippen LogP contribution >= 0.6 is 0 Å². The quantitative estimate of drug-likeness (QED) is 0.647. The van der Waals surface area contributed by atoms with Crippen molar-refractivity contribution in [3.8, 4) is 0 Å². The highest BCUT2D eigenvalue weighted by molar-refractivity contribution is 5.33. The first-order valence-corrected chi connectivity index (χ1v) is 6.66. The topological polar surface area (TPSA) is 55.2 Å². The fourth-order valence-electron chi connectivity index (χ4n) is 2.07. The highest BCUT2D eigenvalue weighted by Gasteiger charge is 2.07. The van der Waals surface area contributed by atoms with Crippen molar-refractivity contribution in [2.45, 2.75) is 25.9 Å². The molecule has 0 fully saturated rings. The molecule has 1 N–H and O–H groups in total. The van der Waals surface area contributed by atoms with Gasteiger partial charge >= 0.3 is 0 Å². The van der Waals surface area contributed by atoms with Crippen LogP contribution in [0.5, 0.6) is 0 Å². The minimum atomic E-state index is -0.374. The van der Waals surface area contributed by atoms with Gasteiger partial charge < -0.3 is 5.32 Å². The molecule has 1 unspecified atom stereocenters. The Hall–Kier alpha value is -2.20. The predicted octanol–water partition coefficient (Wildman–Crippen LogP) is 3.32. The normalized spacial score (nSPS) is 12.1. The van der Waals surface area contributed by atoms with E-state index in [-0.39, 0.29) is 10.6 Å². The van der Waals surface area contributed by atoms with Crippen LogP contribution in [0.4, 0.5) is 5.69 Å². The number of hydrogen-bond donors (Lipinski definition) is 1. The fraction of sp³-hybridized carbons (Fsp3) is 0.250. The molecule has 4 nitrogen and oxygen atoms in total. The lowest BCUT2D eigenvalue weighted by Gasteiger charge is -2.13. The number of nitrogens with zero attached hydrogens (tertiary/aromatic N) is 1. The molecular formula is C16H18N2O2. The Bertz CT molecular complexity index is 552. The summed E-state index contributed by atoms with van der Waals surface area (Å²) in [7, 11) is 0. The lowest BCUT2D eigenvalue weighted by Crippen LogP contribution is -2.27. The smallest absolute Gasteiger partial charge is 0.269 e. The molecule has 0 spiro atoms. The maximum Gasteiger partial charge on any atom is 0.269 e. The molecule has 0 amide bonds. The molecular weight excluding hydrogens is 252 g/mol. The summed E-state index contributed by atoms with van der Waals surface area (Å²) in [5.41, 5.74) is 2.49. The Kier molecular flexibility index (Phi) is 4.85. The Morgan fingerprint density at radius 1 is 1.05 bits per heavy atom. The van der Waals surface area contributed by atoms with E-state index in [0.717, 1.165) is 18.5 Å². The zero-order valence-electron chi connectivity index (χ0n) is 11.5. The van der Waals surface area contributed by atoms with Crippen molar-refractivity contribution < 1.29 is 4.92 Å². The molecule has 0 heterocycles. The Morgan fingerprint density at radius 2 is 1.70 bits per heavy atom. The molecule has 0 aliphatic rings. The van der Waals surface area contributed by atoms with E-state index in [4.69, 9.17) is 0 Å². The van der Waals surface area contributed by atoms with Gasteiger partial charge in [0.15, 0.2) is 0 Å². The van der Waals surface area contributed by atoms with Crippen LogP contribution in [0.3, 0.4) is 0 Å². The van der Waals surface area contributed by atoms with Gasteiger partial charge in [0.25, 0.3) is 5.69 Å². The third-order valence-corrected chi connectivity index (χ3v) is 3.19. The molecule has 2 rings (SSSR count). The second-order valence-corrected chi connectivity index (χ2v) is 4.90. The van der Waals surface area contributed by atoms with Crippen LogP contribution in [0.25, 0.3) is 0 Å². The van der Waals surface area contributed by atoms with E-state index in [1.165, 1.54) is 5.56 Å². The van der Waals surface area contributed by atoms with E-state index in [2.05, 4.69) is 24.4 Å². The average Bonchev–Trinajstić information content (AvgIpc) is 2.47. The van der Waals surface area contributed by atoms with Crippen LogP contribution in [0.15, 0.2) is 54.6 Å². The van der Waals surface area contributed by atoms with Gasteiger partial charge in [-0.2, -0.15) is 0 Å². The van der Waals surface area contributed by atoms with E-state index in [9.17, 15) is 10.1 Å². The maximum atomic E-state index is 10.6. The van der Waals surface area contributed by atoms with Gasteiger partial charge in [0.2, 0.25) is 0 Å². The summed E-state index contributed by atoms with van der Waals surface area (Å²) in [6.07, 6.45) is 0.852. The molecule has 0 saturated carbocycles. The Balaban J connectivity index is 1.85. The number of non-ortho nitro benzene ring substituents is 1. The van der Waals surface area contributed by atoms with E-state index < -0.39 is 0 Å². The number of benzene rings is 2. The third-order valence-electron chi connectivity index (χ3n) is 3.19. The zero-order chi connectivity index (χ0) is 14.4. The van der Waals surface area contributed by atoms with Crippen LogP contribution in [0.2, 0.25) is 0 Å². The zero-order valence-corrected chi connectivity index (χ0v) is 11.5. The minimum absolute atomic E-state index is 0.138. The molecule has 0 aliphatic heterocycles. The van der Waals surface area contributed by atoms with E-state index in [0.29, 0.717) is 6.04 Å². The molecule has 0 saturated heterocycles. The molecule has 2 aromatic rings. The van der Waals surface area contributed by atoms with Gasteiger partial charge in [-0.1, -0.05) is 42.5 Å². The van der Waals surface area contributed by atoms with Gasteiger partial charge in [0, 0.05) is 24.7 Å². The SMILES string of the molecule is CC(Cc1ccc([N+](=O)[O-])cc1)NCc1ccccc1. The van der Waals surface area contributed by atoms with E-state index >= 15 is 0 Å². The summed E-state index contributed by atoms with van der Waals surface area (Å²) in [4.78, 5) is 10.2. The number of rotatable bonds is 6. The van der Waals surface area contributed by atoms with Gasteiger partial charge in [-0.3, -0.25) is 10.1 Å². The summed E-state index contributed by atoms with van der Waals surface area (Å²) in [5.74, 6) is 0. The first-order valence-electron chi connectivity index (χ1n) is 6.66. The monoisotopic (exact) mass is 270 g/mol. The molecule has 0 radical (unpaired) electrons. The summed E-state index contributed by atoms with van der Waals surface area (Å²) in [5, 5.41) is 14.0. The predicted molar refractivity (Wildman–Crippen MR) is 79.5 cm³/mol. The Morgan fingerprint density at radius 3 is 2.30 bits per heavy atom. The average molecular weight is 270 g/mol.